The predicted molar refractivity (Wildman–Crippen MR) is 131 cm³/mol. The molecule has 0 saturated heterocycles. The Morgan fingerprint density at radius 3 is 2.68 bits per heavy atom. The van der Waals surface area contributed by atoms with E-state index in [1.165, 1.54) is 0 Å². The van der Waals surface area contributed by atoms with Crippen LogP contribution in [0.1, 0.15) is 37.0 Å². The molecule has 1 amide bonds. The highest BCUT2D eigenvalue weighted by Gasteiger charge is 2.20. The summed E-state index contributed by atoms with van der Waals surface area (Å²) in [6.45, 7) is 4.79. The second-order valence-electron chi connectivity index (χ2n) is 8.02. The number of halogens is 1. The van der Waals surface area contributed by atoms with Crippen molar-refractivity contribution >= 4 is 34.1 Å². The SMILES string of the molecule is CCC[C@@H](Nc1nc(Nc2cnc3cc(OCCOC)ccc3c2)c(C(N)=O)cc1F)[C@H](C)N. The van der Waals surface area contributed by atoms with Crippen LogP contribution in [0.4, 0.5) is 21.7 Å². The molecule has 34 heavy (non-hydrogen) atoms. The van der Waals surface area contributed by atoms with Crippen LogP contribution in [0.3, 0.4) is 0 Å². The first-order valence-corrected chi connectivity index (χ1v) is 11.1. The highest BCUT2D eigenvalue weighted by molar-refractivity contribution is 5.99. The lowest BCUT2D eigenvalue weighted by Crippen LogP contribution is -2.38. The minimum Gasteiger partial charge on any atom is -0.491 e. The second-order valence-corrected chi connectivity index (χ2v) is 8.02. The number of ether oxygens (including phenoxy) is 2. The number of amides is 1. The Balaban J connectivity index is 1.89. The average Bonchev–Trinajstić information content (AvgIpc) is 2.80. The van der Waals surface area contributed by atoms with E-state index in [4.69, 9.17) is 20.9 Å². The quantitative estimate of drug-likeness (QED) is 0.295. The van der Waals surface area contributed by atoms with Crippen molar-refractivity contribution in [3.05, 3.63) is 47.9 Å². The van der Waals surface area contributed by atoms with Gasteiger partial charge in [-0.05, 0) is 37.6 Å². The first-order valence-electron chi connectivity index (χ1n) is 11.1. The van der Waals surface area contributed by atoms with Gasteiger partial charge in [0, 0.05) is 30.6 Å². The van der Waals surface area contributed by atoms with Gasteiger partial charge in [0.1, 0.15) is 18.2 Å². The summed E-state index contributed by atoms with van der Waals surface area (Å²) in [7, 11) is 1.61. The molecular formula is C24H31FN6O3. The molecule has 0 unspecified atom stereocenters. The maximum atomic E-state index is 14.7. The molecule has 0 aliphatic heterocycles. The summed E-state index contributed by atoms with van der Waals surface area (Å²) in [6, 6.07) is 8.03. The number of carbonyl (C=O) groups excluding carboxylic acids is 1. The van der Waals surface area contributed by atoms with Crippen molar-refractivity contribution in [2.75, 3.05) is 31.0 Å². The number of primary amides is 1. The normalized spacial score (nSPS) is 12.9. The lowest BCUT2D eigenvalue weighted by atomic mass is 10.1. The van der Waals surface area contributed by atoms with E-state index in [2.05, 4.69) is 20.6 Å². The molecule has 3 aromatic rings. The summed E-state index contributed by atoms with van der Waals surface area (Å²) in [5, 5.41) is 6.94. The van der Waals surface area contributed by atoms with E-state index in [0.29, 0.717) is 24.7 Å². The van der Waals surface area contributed by atoms with Gasteiger partial charge in [0.25, 0.3) is 5.91 Å². The number of rotatable bonds is 12. The Kier molecular flexibility index (Phi) is 8.55. The molecule has 0 bridgehead atoms. The molecule has 0 aliphatic rings. The van der Waals surface area contributed by atoms with Crippen molar-refractivity contribution in [3.8, 4) is 5.75 Å². The van der Waals surface area contributed by atoms with Crippen LogP contribution in [0.25, 0.3) is 10.9 Å². The van der Waals surface area contributed by atoms with Crippen LogP contribution in [-0.4, -0.2) is 48.3 Å². The Labute approximate surface area is 198 Å². The van der Waals surface area contributed by atoms with Gasteiger partial charge in [-0.2, -0.15) is 0 Å². The molecule has 2 heterocycles. The smallest absolute Gasteiger partial charge is 0.252 e. The van der Waals surface area contributed by atoms with Gasteiger partial charge < -0.3 is 31.6 Å². The zero-order valence-electron chi connectivity index (χ0n) is 19.6. The minimum atomic E-state index is -0.802. The van der Waals surface area contributed by atoms with Crippen LogP contribution in [-0.2, 0) is 4.74 Å². The van der Waals surface area contributed by atoms with Crippen LogP contribution in [0.2, 0.25) is 0 Å². The van der Waals surface area contributed by atoms with Crippen LogP contribution < -0.4 is 26.8 Å². The van der Waals surface area contributed by atoms with Crippen molar-refractivity contribution in [2.24, 2.45) is 11.5 Å². The van der Waals surface area contributed by atoms with E-state index >= 15 is 0 Å². The second kappa shape index (κ2) is 11.6. The molecule has 0 spiro atoms. The Morgan fingerprint density at radius 1 is 1.21 bits per heavy atom. The van der Waals surface area contributed by atoms with E-state index in [-0.39, 0.29) is 29.3 Å². The number of pyridine rings is 2. The van der Waals surface area contributed by atoms with Gasteiger partial charge in [-0.15, -0.1) is 0 Å². The Hall–Kier alpha value is -3.50. The number of hydrogen-bond donors (Lipinski definition) is 4. The number of benzene rings is 1. The molecular weight excluding hydrogens is 439 g/mol. The van der Waals surface area contributed by atoms with Crippen molar-refractivity contribution < 1.29 is 18.7 Å². The molecule has 2 aromatic heterocycles. The molecule has 9 nitrogen and oxygen atoms in total. The van der Waals surface area contributed by atoms with Crippen molar-refractivity contribution in [2.45, 2.75) is 38.8 Å². The van der Waals surface area contributed by atoms with Crippen molar-refractivity contribution in [3.63, 3.8) is 0 Å². The maximum absolute atomic E-state index is 14.7. The number of carbonyl (C=O) groups is 1. The molecule has 2 atom stereocenters. The third kappa shape index (κ3) is 6.30. The van der Waals surface area contributed by atoms with Crippen molar-refractivity contribution in [1.82, 2.24) is 9.97 Å². The summed E-state index contributed by atoms with van der Waals surface area (Å²) in [5.74, 6) is -0.685. The lowest BCUT2D eigenvalue weighted by Gasteiger charge is -2.23. The molecule has 6 N–H and O–H groups in total. The average molecular weight is 471 g/mol. The third-order valence-corrected chi connectivity index (χ3v) is 5.27. The van der Waals surface area contributed by atoms with Gasteiger partial charge in [0.15, 0.2) is 11.6 Å². The summed E-state index contributed by atoms with van der Waals surface area (Å²) in [5.41, 5.74) is 12.7. The van der Waals surface area contributed by atoms with E-state index < -0.39 is 11.7 Å². The van der Waals surface area contributed by atoms with Gasteiger partial charge in [-0.3, -0.25) is 9.78 Å². The largest absolute Gasteiger partial charge is 0.491 e. The first-order chi connectivity index (χ1) is 16.3. The van der Waals surface area contributed by atoms with Crippen LogP contribution in [0.15, 0.2) is 36.5 Å². The van der Waals surface area contributed by atoms with E-state index in [9.17, 15) is 9.18 Å². The predicted octanol–water partition coefficient (Wildman–Crippen LogP) is 3.56. The Morgan fingerprint density at radius 2 is 2.00 bits per heavy atom. The summed E-state index contributed by atoms with van der Waals surface area (Å²) in [6.07, 6.45) is 3.20. The molecule has 10 heteroatoms. The zero-order chi connectivity index (χ0) is 24.7. The summed E-state index contributed by atoms with van der Waals surface area (Å²) in [4.78, 5) is 20.7. The van der Waals surface area contributed by atoms with Crippen LogP contribution >= 0.6 is 0 Å². The Bertz CT molecular complexity index is 1140. The highest BCUT2D eigenvalue weighted by atomic mass is 19.1. The number of hydrogen-bond acceptors (Lipinski definition) is 8. The molecule has 182 valence electrons. The van der Waals surface area contributed by atoms with Crippen molar-refractivity contribution in [1.29, 1.82) is 0 Å². The topological polar surface area (TPSA) is 137 Å². The van der Waals surface area contributed by atoms with Crippen LogP contribution in [0.5, 0.6) is 5.75 Å². The summed E-state index contributed by atoms with van der Waals surface area (Å²) < 4.78 is 25.3. The molecule has 0 saturated carbocycles. The fraction of sp³-hybridized carbons (Fsp3) is 0.375. The maximum Gasteiger partial charge on any atom is 0.252 e. The van der Waals surface area contributed by atoms with Gasteiger partial charge in [-0.25, -0.2) is 9.37 Å². The number of nitrogens with zero attached hydrogens (tertiary/aromatic N) is 2. The number of nitrogens with two attached hydrogens (primary N) is 2. The third-order valence-electron chi connectivity index (χ3n) is 5.27. The first kappa shape index (κ1) is 25.1. The minimum absolute atomic E-state index is 0.00477. The van der Waals surface area contributed by atoms with Gasteiger partial charge in [0.2, 0.25) is 0 Å². The number of methoxy groups -OCH3 is 1. The molecule has 0 fully saturated rings. The molecule has 0 radical (unpaired) electrons. The molecule has 1 aromatic carbocycles. The fourth-order valence-electron chi connectivity index (χ4n) is 3.47. The lowest BCUT2D eigenvalue weighted by molar-refractivity contribution is 0.100. The van der Waals surface area contributed by atoms with Crippen LogP contribution in [0, 0.1) is 5.82 Å². The van der Waals surface area contributed by atoms with Gasteiger partial charge in [-0.1, -0.05) is 13.3 Å². The summed E-state index contributed by atoms with van der Waals surface area (Å²) >= 11 is 0. The van der Waals surface area contributed by atoms with Gasteiger partial charge in [0.05, 0.1) is 29.6 Å². The number of aromatic nitrogens is 2. The standard InChI is InChI=1S/C24H31FN6O3/c1-4-5-20(14(2)26)30-24-19(25)12-18(22(27)32)23(31-24)29-16-10-15-6-7-17(34-9-8-33-3)11-21(15)28-13-16/h6-7,10-14,20H,4-5,8-9,26H2,1-3H3,(H2,27,32)(H2,29,30,31)/t14-,20+/m0/s1. The number of anilines is 3. The van der Waals surface area contributed by atoms with Gasteiger partial charge >= 0.3 is 0 Å². The fourth-order valence-corrected chi connectivity index (χ4v) is 3.47. The van der Waals surface area contributed by atoms with E-state index in [0.717, 1.165) is 29.8 Å². The zero-order valence-corrected chi connectivity index (χ0v) is 19.6. The van der Waals surface area contributed by atoms with E-state index in [1.54, 1.807) is 13.3 Å². The molecule has 0 aliphatic carbocycles. The molecule has 3 rings (SSSR count). The number of nitrogens with one attached hydrogen (secondary N) is 2. The highest BCUT2D eigenvalue weighted by Crippen LogP contribution is 2.27. The number of fused-ring (bicyclic) bond motifs is 1. The van der Waals surface area contributed by atoms with E-state index in [1.807, 2.05) is 38.1 Å². The monoisotopic (exact) mass is 470 g/mol.